The summed E-state index contributed by atoms with van der Waals surface area (Å²) < 4.78 is 0. The molecule has 0 bridgehead atoms. The maximum Gasteiger partial charge on any atom is 0.191 e. The Hall–Kier alpha value is -0.0800. The average molecular weight is 479 g/mol. The maximum absolute atomic E-state index is 4.76. The number of likely N-dealkylation sites (tertiary alicyclic amines) is 2. The highest BCUT2D eigenvalue weighted by Crippen LogP contribution is 2.16. The van der Waals surface area contributed by atoms with E-state index in [9.17, 15) is 0 Å². The molecular weight excluding hydrogens is 437 g/mol. The predicted octanol–water partition coefficient (Wildman–Crippen LogP) is 3.30. The second-order valence-electron chi connectivity index (χ2n) is 7.68. The minimum atomic E-state index is 0. The summed E-state index contributed by atoms with van der Waals surface area (Å²) >= 11 is 0. The fourth-order valence-electron chi connectivity index (χ4n) is 3.97. The van der Waals surface area contributed by atoms with Crippen molar-refractivity contribution in [3.8, 4) is 0 Å². The molecule has 2 saturated heterocycles. The maximum atomic E-state index is 4.76. The third-order valence-corrected chi connectivity index (χ3v) is 5.55. The van der Waals surface area contributed by atoms with Crippen molar-refractivity contribution in [3.05, 3.63) is 0 Å². The van der Waals surface area contributed by atoms with Gasteiger partial charge in [-0.1, -0.05) is 6.42 Å². The van der Waals surface area contributed by atoms with Gasteiger partial charge in [0, 0.05) is 32.2 Å². The van der Waals surface area contributed by atoms with Gasteiger partial charge in [-0.05, 0) is 85.0 Å². The lowest BCUT2D eigenvalue weighted by atomic mass is 10.0. The smallest absolute Gasteiger partial charge is 0.191 e. The lowest BCUT2D eigenvalue weighted by Gasteiger charge is -2.33. The summed E-state index contributed by atoms with van der Waals surface area (Å²) in [5.74, 6) is 0.996. The zero-order chi connectivity index (χ0) is 17.7. The molecule has 0 aliphatic carbocycles. The van der Waals surface area contributed by atoms with E-state index in [-0.39, 0.29) is 24.0 Å². The minimum Gasteiger partial charge on any atom is -0.357 e. The van der Waals surface area contributed by atoms with Crippen molar-refractivity contribution in [3.63, 3.8) is 0 Å². The monoisotopic (exact) mass is 479 g/mol. The molecule has 2 heterocycles. The van der Waals surface area contributed by atoms with E-state index in [1.165, 1.54) is 77.7 Å². The highest BCUT2D eigenvalue weighted by molar-refractivity contribution is 14.0. The molecule has 1 atom stereocenters. The lowest BCUT2D eigenvalue weighted by molar-refractivity contribution is 0.160. The van der Waals surface area contributed by atoms with Gasteiger partial charge in [0.05, 0.1) is 0 Å². The first-order valence-corrected chi connectivity index (χ1v) is 10.8. The second-order valence-corrected chi connectivity index (χ2v) is 7.68. The van der Waals surface area contributed by atoms with Crippen molar-refractivity contribution in [1.82, 2.24) is 20.4 Å². The number of piperidine rings is 1. The molecule has 2 aliphatic rings. The van der Waals surface area contributed by atoms with Crippen LogP contribution in [0.2, 0.25) is 0 Å². The Bertz CT molecular complexity index is 371. The van der Waals surface area contributed by atoms with E-state index in [1.807, 2.05) is 0 Å². The Labute approximate surface area is 178 Å². The van der Waals surface area contributed by atoms with Crippen molar-refractivity contribution in [2.75, 3.05) is 52.4 Å². The van der Waals surface area contributed by atoms with E-state index in [0.29, 0.717) is 0 Å². The van der Waals surface area contributed by atoms with Crippen molar-refractivity contribution in [2.24, 2.45) is 4.99 Å². The number of hydrogen-bond acceptors (Lipinski definition) is 3. The number of unbranched alkanes of at least 4 members (excludes halogenated alkanes) is 1. The van der Waals surface area contributed by atoms with Crippen LogP contribution in [0.25, 0.3) is 0 Å². The van der Waals surface area contributed by atoms with Crippen LogP contribution >= 0.6 is 24.0 Å². The molecule has 0 radical (unpaired) electrons. The fraction of sp³-hybridized carbons (Fsp3) is 0.950. The first kappa shape index (κ1) is 24.0. The quantitative estimate of drug-likeness (QED) is 0.219. The first-order chi connectivity index (χ1) is 12.3. The molecule has 1 unspecified atom stereocenters. The molecular formula is C20H42IN5. The average Bonchev–Trinajstić information content (AvgIpc) is 3.13. The molecule has 6 heteroatoms. The van der Waals surface area contributed by atoms with E-state index in [2.05, 4.69) is 34.3 Å². The molecule has 2 N–H and O–H groups in total. The number of guanidine groups is 1. The number of rotatable bonds is 10. The Morgan fingerprint density at radius 2 is 1.73 bits per heavy atom. The summed E-state index contributed by atoms with van der Waals surface area (Å²) in [7, 11) is 0. The van der Waals surface area contributed by atoms with Crippen LogP contribution in [0.1, 0.15) is 65.2 Å². The Balaban J connectivity index is 0.00000338. The first-order valence-electron chi connectivity index (χ1n) is 10.8. The molecule has 0 aromatic carbocycles. The van der Waals surface area contributed by atoms with Crippen molar-refractivity contribution >= 4 is 29.9 Å². The molecule has 0 amide bonds. The van der Waals surface area contributed by atoms with Crippen molar-refractivity contribution in [1.29, 1.82) is 0 Å². The van der Waals surface area contributed by atoms with E-state index in [1.54, 1.807) is 0 Å². The fourth-order valence-corrected chi connectivity index (χ4v) is 3.97. The zero-order valence-electron chi connectivity index (χ0n) is 17.1. The molecule has 2 fully saturated rings. The normalized spacial score (nSPS) is 22.2. The summed E-state index contributed by atoms with van der Waals surface area (Å²) in [5.41, 5.74) is 0. The molecule has 0 aromatic rings. The van der Waals surface area contributed by atoms with Crippen LogP contribution in [-0.2, 0) is 0 Å². The van der Waals surface area contributed by atoms with Gasteiger partial charge in [0.2, 0.25) is 0 Å². The molecule has 26 heavy (non-hydrogen) atoms. The lowest BCUT2D eigenvalue weighted by Crippen LogP contribution is -2.39. The van der Waals surface area contributed by atoms with Gasteiger partial charge in [0.15, 0.2) is 5.96 Å². The van der Waals surface area contributed by atoms with Crippen LogP contribution in [0.15, 0.2) is 4.99 Å². The molecule has 2 aliphatic heterocycles. The van der Waals surface area contributed by atoms with Crippen molar-refractivity contribution in [2.45, 2.75) is 71.3 Å². The summed E-state index contributed by atoms with van der Waals surface area (Å²) in [5, 5.41) is 6.88. The van der Waals surface area contributed by atoms with E-state index in [4.69, 9.17) is 4.99 Å². The minimum absolute atomic E-state index is 0. The van der Waals surface area contributed by atoms with Gasteiger partial charge in [-0.3, -0.25) is 4.99 Å². The summed E-state index contributed by atoms with van der Waals surface area (Å²) in [4.78, 5) is 9.99. The Morgan fingerprint density at radius 1 is 0.962 bits per heavy atom. The predicted molar refractivity (Wildman–Crippen MR) is 124 cm³/mol. The summed E-state index contributed by atoms with van der Waals surface area (Å²) in [6.07, 6.45) is 10.6. The molecule has 0 spiro atoms. The number of hydrogen-bond donors (Lipinski definition) is 2. The molecule has 5 nitrogen and oxygen atoms in total. The van der Waals surface area contributed by atoms with Crippen LogP contribution in [0.3, 0.4) is 0 Å². The van der Waals surface area contributed by atoms with E-state index in [0.717, 1.165) is 38.1 Å². The molecule has 2 rings (SSSR count). The number of aliphatic imine (C=N–C) groups is 1. The van der Waals surface area contributed by atoms with Crippen LogP contribution in [0.5, 0.6) is 0 Å². The number of nitrogens with zero attached hydrogens (tertiary/aromatic N) is 3. The van der Waals surface area contributed by atoms with Crippen LogP contribution in [0.4, 0.5) is 0 Å². The Morgan fingerprint density at radius 3 is 2.46 bits per heavy atom. The SMILES string of the molecule is CCNC(=NCCCN1CCCCC1C)NCCCCN1CCCC1.I. The summed E-state index contributed by atoms with van der Waals surface area (Å²) in [6, 6.07) is 0.764. The van der Waals surface area contributed by atoms with Gasteiger partial charge in [-0.2, -0.15) is 0 Å². The number of nitrogens with one attached hydrogen (secondary N) is 2. The largest absolute Gasteiger partial charge is 0.357 e. The van der Waals surface area contributed by atoms with Gasteiger partial charge in [-0.25, -0.2) is 0 Å². The summed E-state index contributed by atoms with van der Waals surface area (Å²) in [6.45, 7) is 13.8. The molecule has 154 valence electrons. The second kappa shape index (κ2) is 14.9. The molecule has 0 aromatic heterocycles. The van der Waals surface area contributed by atoms with Crippen LogP contribution < -0.4 is 10.6 Å². The third-order valence-electron chi connectivity index (χ3n) is 5.55. The topological polar surface area (TPSA) is 42.9 Å². The molecule has 0 saturated carbocycles. The van der Waals surface area contributed by atoms with Crippen LogP contribution in [-0.4, -0.2) is 74.2 Å². The van der Waals surface area contributed by atoms with Gasteiger partial charge in [-0.15, -0.1) is 24.0 Å². The van der Waals surface area contributed by atoms with Gasteiger partial charge in [0.25, 0.3) is 0 Å². The third kappa shape index (κ3) is 9.74. The van der Waals surface area contributed by atoms with Gasteiger partial charge < -0.3 is 20.4 Å². The van der Waals surface area contributed by atoms with Gasteiger partial charge >= 0.3 is 0 Å². The highest BCUT2D eigenvalue weighted by atomic mass is 127. The van der Waals surface area contributed by atoms with Crippen molar-refractivity contribution < 1.29 is 0 Å². The van der Waals surface area contributed by atoms with E-state index >= 15 is 0 Å². The number of halogens is 1. The van der Waals surface area contributed by atoms with Crippen LogP contribution in [0, 0.1) is 0 Å². The Kier molecular flexibility index (Phi) is 13.7. The van der Waals surface area contributed by atoms with Gasteiger partial charge in [0.1, 0.15) is 0 Å². The highest BCUT2D eigenvalue weighted by Gasteiger charge is 2.17. The van der Waals surface area contributed by atoms with E-state index < -0.39 is 0 Å². The standard InChI is InChI=1S/C20H41N5.HI/c1-3-21-20(22-12-5-7-14-24-15-8-9-16-24)23-13-10-18-25-17-6-4-11-19(25)2;/h19H,3-18H2,1-2H3,(H2,21,22,23);1H. The zero-order valence-corrected chi connectivity index (χ0v) is 19.5.